The summed E-state index contributed by atoms with van der Waals surface area (Å²) in [4.78, 5) is 10.1. The molecule has 2 atom stereocenters. The zero-order chi connectivity index (χ0) is 10.8. The van der Waals surface area contributed by atoms with Crippen LogP contribution in [-0.2, 0) is 9.53 Å². The average molecular weight is 200 g/mol. The van der Waals surface area contributed by atoms with Crippen LogP contribution in [-0.4, -0.2) is 12.6 Å². The van der Waals surface area contributed by atoms with E-state index >= 15 is 0 Å². The van der Waals surface area contributed by atoms with Crippen LogP contribution in [0.25, 0.3) is 0 Å². The van der Waals surface area contributed by atoms with E-state index in [0.29, 0.717) is 6.47 Å². The number of hydrogen-bond donors (Lipinski definition) is 0. The van der Waals surface area contributed by atoms with E-state index in [1.807, 2.05) is 6.92 Å². The smallest absolute Gasteiger partial charge is 0.293 e. The number of carbonyl (C=O) groups excluding carboxylic acids is 1. The van der Waals surface area contributed by atoms with Crippen LogP contribution in [0, 0.1) is 5.92 Å². The molecule has 0 aliphatic heterocycles. The molecular formula is C12H24O2. The lowest BCUT2D eigenvalue weighted by Crippen LogP contribution is -2.09. The number of rotatable bonds is 9. The molecule has 0 rings (SSSR count). The normalized spacial score (nSPS) is 14.8. The fraction of sp³-hybridized carbons (Fsp3) is 0.917. The maximum atomic E-state index is 10.1. The van der Waals surface area contributed by atoms with Crippen molar-refractivity contribution in [2.75, 3.05) is 0 Å². The first kappa shape index (κ1) is 13.5. The fourth-order valence-corrected chi connectivity index (χ4v) is 1.68. The number of ether oxygens (including phenoxy) is 1. The van der Waals surface area contributed by atoms with Crippen LogP contribution >= 0.6 is 0 Å². The summed E-state index contributed by atoms with van der Waals surface area (Å²) < 4.78 is 4.86. The van der Waals surface area contributed by atoms with Gasteiger partial charge in [-0.05, 0) is 25.7 Å². The van der Waals surface area contributed by atoms with Crippen molar-refractivity contribution in [1.29, 1.82) is 0 Å². The lowest BCUT2D eigenvalue weighted by molar-refractivity contribution is -0.133. The molecular weight excluding hydrogens is 176 g/mol. The van der Waals surface area contributed by atoms with Gasteiger partial charge in [-0.1, -0.05) is 39.5 Å². The van der Waals surface area contributed by atoms with Crippen LogP contribution in [0.5, 0.6) is 0 Å². The highest BCUT2D eigenvalue weighted by atomic mass is 16.5. The van der Waals surface area contributed by atoms with Crippen LogP contribution in [0.2, 0.25) is 0 Å². The van der Waals surface area contributed by atoms with Crippen molar-refractivity contribution in [3.05, 3.63) is 0 Å². The summed E-state index contributed by atoms with van der Waals surface area (Å²) in [5, 5.41) is 0. The molecule has 0 fully saturated rings. The Morgan fingerprint density at radius 3 is 2.43 bits per heavy atom. The largest absolute Gasteiger partial charge is 0.465 e. The van der Waals surface area contributed by atoms with E-state index in [2.05, 4.69) is 13.8 Å². The van der Waals surface area contributed by atoms with Gasteiger partial charge in [0.1, 0.15) is 0 Å². The summed E-state index contributed by atoms with van der Waals surface area (Å²) in [6, 6.07) is 0. The van der Waals surface area contributed by atoms with Gasteiger partial charge in [0.05, 0.1) is 6.10 Å². The monoisotopic (exact) mass is 200 g/mol. The first-order chi connectivity index (χ1) is 6.74. The molecule has 14 heavy (non-hydrogen) atoms. The second kappa shape index (κ2) is 9.04. The van der Waals surface area contributed by atoms with Crippen molar-refractivity contribution in [3.8, 4) is 0 Å². The summed E-state index contributed by atoms with van der Waals surface area (Å²) in [6.07, 6.45) is 7.43. The Balaban J connectivity index is 3.54. The number of unbranched alkanes of at least 4 members (excludes halogenated alkanes) is 1. The standard InChI is InChI=1S/C12H24O2/c1-4-6-7-12(5-2)9-8-11(3)14-10-13/h10-12H,4-9H2,1-3H3/t11-,12+/m1/s1. The summed E-state index contributed by atoms with van der Waals surface area (Å²) in [6.45, 7) is 6.98. The first-order valence-corrected chi connectivity index (χ1v) is 5.83. The molecule has 0 saturated heterocycles. The Morgan fingerprint density at radius 1 is 1.21 bits per heavy atom. The molecule has 0 heterocycles. The lowest BCUT2D eigenvalue weighted by atomic mass is 9.93. The second-order valence-corrected chi connectivity index (χ2v) is 4.04. The molecule has 0 saturated carbocycles. The zero-order valence-electron chi connectivity index (χ0n) is 9.79. The van der Waals surface area contributed by atoms with Crippen LogP contribution in [0.4, 0.5) is 0 Å². The van der Waals surface area contributed by atoms with E-state index in [-0.39, 0.29) is 6.10 Å². The van der Waals surface area contributed by atoms with Crippen LogP contribution in [0.3, 0.4) is 0 Å². The maximum Gasteiger partial charge on any atom is 0.293 e. The molecule has 0 aliphatic rings. The van der Waals surface area contributed by atoms with Crippen LogP contribution in [0.15, 0.2) is 0 Å². The van der Waals surface area contributed by atoms with Gasteiger partial charge in [-0.3, -0.25) is 4.79 Å². The average Bonchev–Trinajstić information content (AvgIpc) is 2.19. The van der Waals surface area contributed by atoms with Gasteiger partial charge < -0.3 is 4.74 Å². The molecule has 0 aromatic rings. The van der Waals surface area contributed by atoms with Gasteiger partial charge in [0, 0.05) is 0 Å². The van der Waals surface area contributed by atoms with E-state index in [9.17, 15) is 4.79 Å². The number of hydrogen-bond acceptors (Lipinski definition) is 2. The molecule has 0 spiro atoms. The van der Waals surface area contributed by atoms with Crippen molar-refractivity contribution in [1.82, 2.24) is 0 Å². The Kier molecular flexibility index (Phi) is 8.70. The van der Waals surface area contributed by atoms with Gasteiger partial charge in [-0.2, -0.15) is 0 Å². The summed E-state index contributed by atoms with van der Waals surface area (Å²) >= 11 is 0. The highest BCUT2D eigenvalue weighted by Crippen LogP contribution is 2.19. The van der Waals surface area contributed by atoms with Crippen molar-refractivity contribution >= 4 is 6.47 Å². The van der Waals surface area contributed by atoms with E-state index < -0.39 is 0 Å². The van der Waals surface area contributed by atoms with Crippen molar-refractivity contribution in [2.45, 2.75) is 65.4 Å². The molecule has 84 valence electrons. The fourth-order valence-electron chi connectivity index (χ4n) is 1.68. The van der Waals surface area contributed by atoms with Crippen molar-refractivity contribution in [3.63, 3.8) is 0 Å². The van der Waals surface area contributed by atoms with Gasteiger partial charge in [0.2, 0.25) is 0 Å². The van der Waals surface area contributed by atoms with Gasteiger partial charge in [0.15, 0.2) is 0 Å². The third-order valence-corrected chi connectivity index (χ3v) is 2.81. The minimum Gasteiger partial charge on any atom is -0.465 e. The van der Waals surface area contributed by atoms with E-state index in [0.717, 1.165) is 12.3 Å². The molecule has 0 aliphatic carbocycles. The van der Waals surface area contributed by atoms with Crippen LogP contribution < -0.4 is 0 Å². The molecule has 0 aromatic carbocycles. The molecule has 2 nitrogen and oxygen atoms in total. The number of carbonyl (C=O) groups is 1. The highest BCUT2D eigenvalue weighted by molar-refractivity contribution is 5.37. The molecule has 0 unspecified atom stereocenters. The molecule has 0 N–H and O–H groups in total. The Labute approximate surface area is 88.0 Å². The first-order valence-electron chi connectivity index (χ1n) is 5.83. The lowest BCUT2D eigenvalue weighted by Gasteiger charge is -2.16. The van der Waals surface area contributed by atoms with Crippen molar-refractivity contribution in [2.24, 2.45) is 5.92 Å². The topological polar surface area (TPSA) is 26.3 Å². The quantitative estimate of drug-likeness (QED) is 0.532. The van der Waals surface area contributed by atoms with E-state index in [4.69, 9.17) is 4.74 Å². The van der Waals surface area contributed by atoms with E-state index in [1.165, 1.54) is 32.1 Å². The molecule has 0 aromatic heterocycles. The molecule has 0 radical (unpaired) electrons. The summed E-state index contributed by atoms with van der Waals surface area (Å²) in [5.74, 6) is 0.813. The third-order valence-electron chi connectivity index (χ3n) is 2.81. The Hall–Kier alpha value is -0.530. The summed E-state index contributed by atoms with van der Waals surface area (Å²) in [7, 11) is 0. The summed E-state index contributed by atoms with van der Waals surface area (Å²) in [5.41, 5.74) is 0. The Bertz CT molecular complexity index is 134. The second-order valence-electron chi connectivity index (χ2n) is 4.04. The van der Waals surface area contributed by atoms with Gasteiger partial charge in [-0.25, -0.2) is 0 Å². The van der Waals surface area contributed by atoms with Gasteiger partial charge >= 0.3 is 0 Å². The van der Waals surface area contributed by atoms with Gasteiger partial charge in [0.25, 0.3) is 6.47 Å². The third kappa shape index (κ3) is 6.93. The highest BCUT2D eigenvalue weighted by Gasteiger charge is 2.08. The zero-order valence-corrected chi connectivity index (χ0v) is 9.79. The van der Waals surface area contributed by atoms with E-state index in [1.54, 1.807) is 0 Å². The molecule has 0 bridgehead atoms. The predicted octanol–water partition coefficient (Wildman–Crippen LogP) is 3.54. The van der Waals surface area contributed by atoms with Crippen LogP contribution in [0.1, 0.15) is 59.3 Å². The van der Waals surface area contributed by atoms with Gasteiger partial charge in [-0.15, -0.1) is 0 Å². The predicted molar refractivity (Wildman–Crippen MR) is 59.2 cm³/mol. The molecule has 0 amide bonds. The van der Waals surface area contributed by atoms with Crippen molar-refractivity contribution < 1.29 is 9.53 Å². The molecule has 2 heteroatoms. The minimum atomic E-state index is 0.0863. The minimum absolute atomic E-state index is 0.0863. The maximum absolute atomic E-state index is 10.1. The SMILES string of the molecule is CCCC[C@H](CC)CC[C@@H](C)OC=O. The Morgan fingerprint density at radius 2 is 1.93 bits per heavy atom.